The van der Waals surface area contributed by atoms with E-state index < -0.39 is 5.67 Å². The molecule has 0 atom stereocenters. The Labute approximate surface area is 117 Å². The topological polar surface area (TPSA) is 50.7 Å². The van der Waals surface area contributed by atoms with Crippen LogP contribution in [0.2, 0.25) is 0 Å². The zero-order chi connectivity index (χ0) is 14.2. The average Bonchev–Trinajstić information content (AvgIpc) is 2.37. The normalized spacial score (nSPS) is 25.1. The number of pyridine rings is 1. The van der Waals surface area contributed by atoms with E-state index in [-0.39, 0.29) is 6.04 Å². The van der Waals surface area contributed by atoms with Gasteiger partial charge in [-0.25, -0.2) is 14.4 Å². The van der Waals surface area contributed by atoms with E-state index in [2.05, 4.69) is 20.3 Å². The maximum absolute atomic E-state index is 13.5. The van der Waals surface area contributed by atoms with Crippen molar-refractivity contribution in [3.05, 3.63) is 36.3 Å². The van der Waals surface area contributed by atoms with Crippen LogP contribution in [0.5, 0.6) is 0 Å². The van der Waals surface area contributed by atoms with Crippen molar-refractivity contribution in [1.82, 2.24) is 15.0 Å². The predicted molar refractivity (Wildman–Crippen MR) is 76.2 cm³/mol. The van der Waals surface area contributed by atoms with Gasteiger partial charge in [0, 0.05) is 31.1 Å². The molecule has 0 aliphatic heterocycles. The quantitative estimate of drug-likeness (QED) is 0.932. The lowest BCUT2D eigenvalue weighted by molar-refractivity contribution is 0.0722. The zero-order valence-electron chi connectivity index (χ0n) is 11.6. The third kappa shape index (κ3) is 2.76. The number of rotatable bonds is 3. The highest BCUT2D eigenvalue weighted by Crippen LogP contribution is 2.37. The van der Waals surface area contributed by atoms with Gasteiger partial charge in [-0.15, -0.1) is 0 Å². The number of alkyl halides is 1. The van der Waals surface area contributed by atoms with Crippen LogP contribution in [0.4, 0.5) is 10.2 Å². The maximum atomic E-state index is 13.5. The number of hydrogen-bond acceptors (Lipinski definition) is 4. The molecule has 0 saturated heterocycles. The second kappa shape index (κ2) is 4.81. The molecule has 0 spiro atoms. The van der Waals surface area contributed by atoms with Crippen LogP contribution in [0.1, 0.15) is 25.6 Å². The molecule has 0 amide bonds. The van der Waals surface area contributed by atoms with Gasteiger partial charge in [-0.1, -0.05) is 6.07 Å². The summed E-state index contributed by atoms with van der Waals surface area (Å²) in [7, 11) is 0. The molecule has 1 saturated carbocycles. The lowest BCUT2D eigenvalue weighted by Crippen LogP contribution is -2.45. The van der Waals surface area contributed by atoms with Crippen LogP contribution < -0.4 is 5.32 Å². The van der Waals surface area contributed by atoms with Crippen LogP contribution in [0.15, 0.2) is 30.5 Å². The fourth-order valence-electron chi connectivity index (χ4n) is 2.57. The Bertz CT molecular complexity index is 605. The number of hydrogen-bond donors (Lipinski definition) is 1. The van der Waals surface area contributed by atoms with Gasteiger partial charge in [0.1, 0.15) is 17.3 Å². The van der Waals surface area contributed by atoms with Crippen molar-refractivity contribution in [3.8, 4) is 11.4 Å². The molecule has 1 aliphatic carbocycles. The summed E-state index contributed by atoms with van der Waals surface area (Å²) in [6.07, 6.45) is 2.78. The molecule has 104 valence electrons. The summed E-state index contributed by atoms with van der Waals surface area (Å²) in [5, 5.41) is 3.27. The maximum Gasteiger partial charge on any atom is 0.130 e. The van der Waals surface area contributed by atoms with Crippen molar-refractivity contribution in [2.24, 2.45) is 0 Å². The molecule has 20 heavy (non-hydrogen) atoms. The van der Waals surface area contributed by atoms with Crippen LogP contribution in [0, 0.1) is 6.92 Å². The largest absolute Gasteiger partial charge is 0.367 e. The van der Waals surface area contributed by atoms with Gasteiger partial charge < -0.3 is 5.32 Å². The first-order valence-electron chi connectivity index (χ1n) is 6.74. The molecular weight excluding hydrogens is 255 g/mol. The fourth-order valence-corrected chi connectivity index (χ4v) is 2.57. The van der Waals surface area contributed by atoms with E-state index in [1.54, 1.807) is 13.1 Å². The minimum Gasteiger partial charge on any atom is -0.367 e. The summed E-state index contributed by atoms with van der Waals surface area (Å²) in [6.45, 7) is 3.48. The number of aryl methyl sites for hydroxylation is 1. The van der Waals surface area contributed by atoms with Crippen molar-refractivity contribution in [3.63, 3.8) is 0 Å². The molecule has 0 unspecified atom stereocenters. The van der Waals surface area contributed by atoms with Crippen molar-refractivity contribution in [2.45, 2.75) is 38.4 Å². The Morgan fingerprint density at radius 3 is 2.70 bits per heavy atom. The summed E-state index contributed by atoms with van der Waals surface area (Å²) < 4.78 is 13.5. The highest BCUT2D eigenvalue weighted by Gasteiger charge is 2.40. The Balaban J connectivity index is 1.81. The van der Waals surface area contributed by atoms with Crippen LogP contribution >= 0.6 is 0 Å². The highest BCUT2D eigenvalue weighted by atomic mass is 19.1. The fraction of sp³-hybridized carbons (Fsp3) is 0.400. The zero-order valence-corrected chi connectivity index (χ0v) is 11.6. The second-order valence-corrected chi connectivity index (χ2v) is 5.56. The molecule has 0 bridgehead atoms. The predicted octanol–water partition coefficient (Wildman–Crippen LogP) is 3.15. The lowest BCUT2D eigenvalue weighted by Gasteiger charge is -2.39. The first-order valence-corrected chi connectivity index (χ1v) is 6.74. The molecule has 0 aromatic carbocycles. The monoisotopic (exact) mass is 272 g/mol. The summed E-state index contributed by atoms with van der Waals surface area (Å²) in [5.74, 6) is 1.41. The molecule has 5 heteroatoms. The van der Waals surface area contributed by atoms with Gasteiger partial charge in [0.15, 0.2) is 0 Å². The van der Waals surface area contributed by atoms with E-state index in [9.17, 15) is 4.39 Å². The van der Waals surface area contributed by atoms with Crippen LogP contribution in [-0.2, 0) is 0 Å². The number of nitrogens with zero attached hydrogens (tertiary/aromatic N) is 3. The molecule has 1 N–H and O–H groups in total. The molecule has 1 fully saturated rings. The van der Waals surface area contributed by atoms with E-state index in [4.69, 9.17) is 0 Å². The molecule has 1 aliphatic rings. The third-order valence-electron chi connectivity index (χ3n) is 3.46. The van der Waals surface area contributed by atoms with E-state index in [1.807, 2.05) is 31.2 Å². The van der Waals surface area contributed by atoms with Crippen LogP contribution in [0.3, 0.4) is 0 Å². The van der Waals surface area contributed by atoms with Gasteiger partial charge in [0.2, 0.25) is 0 Å². The molecule has 4 nitrogen and oxygen atoms in total. The van der Waals surface area contributed by atoms with Gasteiger partial charge in [0.05, 0.1) is 11.4 Å². The summed E-state index contributed by atoms with van der Waals surface area (Å²) in [5.41, 5.74) is 0.553. The smallest absolute Gasteiger partial charge is 0.130 e. The summed E-state index contributed by atoms with van der Waals surface area (Å²) >= 11 is 0. The number of halogens is 1. The lowest BCUT2D eigenvalue weighted by atomic mass is 9.79. The van der Waals surface area contributed by atoms with Gasteiger partial charge in [-0.3, -0.25) is 4.98 Å². The Hall–Kier alpha value is -2.04. The van der Waals surface area contributed by atoms with Crippen molar-refractivity contribution in [1.29, 1.82) is 0 Å². The van der Waals surface area contributed by atoms with Gasteiger partial charge >= 0.3 is 0 Å². The number of nitrogens with one attached hydrogen (secondary N) is 1. The Kier molecular flexibility index (Phi) is 3.12. The van der Waals surface area contributed by atoms with Gasteiger partial charge in [-0.05, 0) is 26.0 Å². The van der Waals surface area contributed by atoms with Crippen LogP contribution in [-0.4, -0.2) is 26.7 Å². The molecule has 2 aromatic rings. The first-order chi connectivity index (χ1) is 9.52. The standard InChI is InChI=1S/C15H17FN4/c1-10-18-13(12-5-3-4-6-17-12)7-14(19-10)20-11-8-15(2,16)9-11/h3-7,11H,8-9H2,1-2H3,(H,18,19,20). The molecule has 3 rings (SSSR count). The van der Waals surface area contributed by atoms with Crippen molar-refractivity contribution < 1.29 is 4.39 Å². The highest BCUT2D eigenvalue weighted by molar-refractivity contribution is 5.58. The second-order valence-electron chi connectivity index (χ2n) is 5.56. The molecular formula is C15H17FN4. The number of anilines is 1. The van der Waals surface area contributed by atoms with Gasteiger partial charge in [-0.2, -0.15) is 0 Å². The Morgan fingerprint density at radius 1 is 1.25 bits per heavy atom. The molecule has 2 aromatic heterocycles. The summed E-state index contributed by atoms with van der Waals surface area (Å²) in [6, 6.07) is 7.72. The van der Waals surface area contributed by atoms with Crippen molar-refractivity contribution in [2.75, 3.05) is 5.32 Å². The van der Waals surface area contributed by atoms with Crippen LogP contribution in [0.25, 0.3) is 11.4 Å². The minimum atomic E-state index is -1.04. The minimum absolute atomic E-state index is 0.149. The average molecular weight is 272 g/mol. The van der Waals surface area contributed by atoms with E-state index in [0.717, 1.165) is 17.2 Å². The van der Waals surface area contributed by atoms with E-state index in [0.29, 0.717) is 18.7 Å². The number of aromatic nitrogens is 3. The first kappa shape index (κ1) is 13.0. The molecule has 2 heterocycles. The van der Waals surface area contributed by atoms with Crippen molar-refractivity contribution >= 4 is 5.82 Å². The third-order valence-corrected chi connectivity index (χ3v) is 3.46. The SMILES string of the molecule is Cc1nc(NC2CC(C)(F)C2)cc(-c2ccccn2)n1. The van der Waals surface area contributed by atoms with Gasteiger partial charge in [0.25, 0.3) is 0 Å². The van der Waals surface area contributed by atoms with E-state index in [1.165, 1.54) is 0 Å². The van der Waals surface area contributed by atoms with E-state index >= 15 is 0 Å². The Morgan fingerprint density at radius 2 is 2.05 bits per heavy atom. The molecule has 0 radical (unpaired) electrons. The summed E-state index contributed by atoms with van der Waals surface area (Å²) in [4.78, 5) is 13.0.